The second-order valence-electron chi connectivity index (χ2n) is 13.6. The molecule has 1 saturated heterocycles. The molecule has 2 aromatic heterocycles. The number of likely N-dealkylation sites (tertiary alicyclic amines) is 1. The summed E-state index contributed by atoms with van der Waals surface area (Å²) in [4.78, 5) is 69.4. The number of amides is 4. The number of ether oxygens (including phenoxy) is 2. The molecule has 5 aromatic rings. The van der Waals surface area contributed by atoms with Gasteiger partial charge in [0.25, 0.3) is 0 Å². The van der Waals surface area contributed by atoms with Crippen LogP contribution in [0, 0.1) is 5.92 Å². The SMILES string of the molecule is CCCN(Cc1nc2ccc(-c3ccc4cc(-c5cnc([C@@H]6CCCN6C(=O)CNC(=O)OC)[nH]5)ccc4c3)cc2[nH]1)C(=O)[C@@H](NC(=O)OC)C(C)C. The average Bonchev–Trinajstić information content (AvgIpc) is 3.94. The topological polar surface area (TPSA) is 175 Å². The Balaban J connectivity index is 1.16. The van der Waals surface area contributed by atoms with Crippen LogP contribution < -0.4 is 10.6 Å². The number of alkyl carbamates (subject to hydrolysis) is 2. The Morgan fingerprint density at radius 2 is 1.64 bits per heavy atom. The Morgan fingerprint density at radius 3 is 2.36 bits per heavy atom. The summed E-state index contributed by atoms with van der Waals surface area (Å²) in [5.41, 5.74) is 5.58. The largest absolute Gasteiger partial charge is 0.453 e. The Labute approximate surface area is 307 Å². The lowest BCUT2D eigenvalue weighted by molar-refractivity contribution is -0.135. The van der Waals surface area contributed by atoms with Gasteiger partial charge in [0.2, 0.25) is 11.8 Å². The third-order valence-corrected chi connectivity index (χ3v) is 9.61. The van der Waals surface area contributed by atoms with Crippen LogP contribution in [0.1, 0.15) is 57.7 Å². The van der Waals surface area contributed by atoms with Crippen molar-refractivity contribution in [2.24, 2.45) is 5.92 Å². The second kappa shape index (κ2) is 16.2. The van der Waals surface area contributed by atoms with Crippen molar-refractivity contribution in [3.63, 3.8) is 0 Å². The molecule has 4 N–H and O–H groups in total. The molecular weight excluding hydrogens is 676 g/mol. The van der Waals surface area contributed by atoms with E-state index in [-0.39, 0.29) is 36.9 Å². The number of fused-ring (bicyclic) bond motifs is 2. The quantitative estimate of drug-likeness (QED) is 0.123. The summed E-state index contributed by atoms with van der Waals surface area (Å²) in [6.45, 7) is 7.06. The number of imidazole rings is 2. The standard InChI is InChI=1S/C39H46N8O6/c1-6-15-46(37(49)35(23(2)3)45-39(51)53-5)22-33-42-29-14-13-27(19-30(29)43-33)25-9-10-26-18-28(12-11-24(26)17-25)31-20-40-36(44-31)32-8-7-16-47(32)34(48)21-41-38(50)52-4/h9-14,17-20,23,32,35H,6-8,15-16,21-22H2,1-5H3,(H,40,44)(H,41,50)(H,42,43)(H,45,51)/t32-,35-/m0/s1. The Morgan fingerprint density at radius 1 is 0.943 bits per heavy atom. The van der Waals surface area contributed by atoms with Gasteiger partial charge in [-0.05, 0) is 71.3 Å². The van der Waals surface area contributed by atoms with Crippen LogP contribution >= 0.6 is 0 Å². The maximum absolute atomic E-state index is 13.5. The monoisotopic (exact) mass is 722 g/mol. The van der Waals surface area contributed by atoms with E-state index in [2.05, 4.69) is 72.8 Å². The van der Waals surface area contributed by atoms with Crippen molar-refractivity contribution in [2.75, 3.05) is 33.9 Å². The number of H-pyrrole nitrogens is 2. The molecule has 278 valence electrons. The van der Waals surface area contributed by atoms with Crippen LogP contribution in [0.25, 0.3) is 44.2 Å². The van der Waals surface area contributed by atoms with Crippen molar-refractivity contribution in [3.05, 3.63) is 72.4 Å². The molecule has 14 heteroatoms. The molecule has 14 nitrogen and oxygen atoms in total. The van der Waals surface area contributed by atoms with Crippen molar-refractivity contribution >= 4 is 45.8 Å². The zero-order valence-electron chi connectivity index (χ0n) is 30.7. The molecule has 0 radical (unpaired) electrons. The molecule has 2 atom stereocenters. The van der Waals surface area contributed by atoms with Crippen molar-refractivity contribution < 1.29 is 28.7 Å². The number of methoxy groups -OCH3 is 2. The number of nitrogens with zero attached hydrogens (tertiary/aromatic N) is 4. The molecule has 4 amide bonds. The number of hydrogen-bond acceptors (Lipinski definition) is 8. The summed E-state index contributed by atoms with van der Waals surface area (Å²) in [5, 5.41) is 7.29. The Hall–Kier alpha value is -5.92. The minimum Gasteiger partial charge on any atom is -0.453 e. The summed E-state index contributed by atoms with van der Waals surface area (Å²) in [5.74, 6) is 0.898. The predicted octanol–water partition coefficient (Wildman–Crippen LogP) is 5.91. The highest BCUT2D eigenvalue weighted by Gasteiger charge is 2.32. The van der Waals surface area contributed by atoms with E-state index in [0.717, 1.165) is 69.3 Å². The van der Waals surface area contributed by atoms with Crippen LogP contribution in [0.4, 0.5) is 9.59 Å². The number of carbonyl (C=O) groups is 4. The zero-order chi connectivity index (χ0) is 37.6. The fourth-order valence-corrected chi connectivity index (χ4v) is 6.85. The Kier molecular flexibility index (Phi) is 11.3. The third-order valence-electron chi connectivity index (χ3n) is 9.61. The Bertz CT molecular complexity index is 2120. The lowest BCUT2D eigenvalue weighted by Gasteiger charge is -2.28. The average molecular weight is 723 g/mol. The molecule has 1 aliphatic rings. The number of aromatic nitrogens is 4. The minimum atomic E-state index is -0.713. The maximum atomic E-state index is 13.5. The van der Waals surface area contributed by atoms with Crippen molar-refractivity contribution in [2.45, 2.75) is 58.7 Å². The van der Waals surface area contributed by atoms with Crippen LogP contribution in [0.15, 0.2) is 60.8 Å². The second-order valence-corrected chi connectivity index (χ2v) is 13.6. The summed E-state index contributed by atoms with van der Waals surface area (Å²) >= 11 is 0. The molecule has 0 unspecified atom stereocenters. The highest BCUT2D eigenvalue weighted by atomic mass is 16.5. The molecule has 0 bridgehead atoms. The van der Waals surface area contributed by atoms with Crippen molar-refractivity contribution in [1.29, 1.82) is 0 Å². The molecule has 0 spiro atoms. The first-order valence-electron chi connectivity index (χ1n) is 17.9. The highest BCUT2D eigenvalue weighted by molar-refractivity contribution is 5.92. The molecule has 1 fully saturated rings. The van der Waals surface area contributed by atoms with Crippen LogP contribution in [0.3, 0.4) is 0 Å². The molecule has 3 aromatic carbocycles. The third kappa shape index (κ3) is 8.27. The molecule has 6 rings (SSSR count). The van der Waals surface area contributed by atoms with E-state index in [0.29, 0.717) is 18.9 Å². The van der Waals surface area contributed by atoms with Gasteiger partial charge >= 0.3 is 12.2 Å². The number of rotatable bonds is 12. The van der Waals surface area contributed by atoms with E-state index < -0.39 is 18.2 Å². The molecular formula is C39H46N8O6. The van der Waals surface area contributed by atoms with Gasteiger partial charge in [-0.3, -0.25) is 9.59 Å². The highest BCUT2D eigenvalue weighted by Crippen LogP contribution is 2.33. The minimum absolute atomic E-state index is 0.123. The van der Waals surface area contributed by atoms with Gasteiger partial charge in [-0.2, -0.15) is 0 Å². The molecule has 0 aliphatic carbocycles. The van der Waals surface area contributed by atoms with E-state index in [9.17, 15) is 19.2 Å². The first kappa shape index (κ1) is 36.9. The number of hydrogen-bond donors (Lipinski definition) is 4. The smallest absolute Gasteiger partial charge is 0.407 e. The molecule has 3 heterocycles. The van der Waals surface area contributed by atoms with Gasteiger partial charge in [0.05, 0.1) is 49.7 Å². The van der Waals surface area contributed by atoms with Gasteiger partial charge in [-0.1, -0.05) is 51.1 Å². The summed E-state index contributed by atoms with van der Waals surface area (Å²) in [6.07, 6.45) is 2.92. The van der Waals surface area contributed by atoms with Gasteiger partial charge in [0.1, 0.15) is 24.2 Å². The molecule has 1 aliphatic heterocycles. The van der Waals surface area contributed by atoms with Gasteiger partial charge < -0.3 is 39.9 Å². The van der Waals surface area contributed by atoms with Crippen LogP contribution in [-0.4, -0.2) is 93.6 Å². The van der Waals surface area contributed by atoms with E-state index in [4.69, 9.17) is 9.72 Å². The van der Waals surface area contributed by atoms with E-state index in [1.54, 1.807) is 16.0 Å². The lowest BCUT2D eigenvalue weighted by atomic mass is 9.99. The van der Waals surface area contributed by atoms with Gasteiger partial charge in [-0.25, -0.2) is 19.6 Å². The summed E-state index contributed by atoms with van der Waals surface area (Å²) < 4.78 is 9.33. The van der Waals surface area contributed by atoms with Crippen molar-refractivity contribution in [3.8, 4) is 22.4 Å². The normalized spacial score (nSPS) is 14.8. The van der Waals surface area contributed by atoms with E-state index >= 15 is 0 Å². The molecule has 53 heavy (non-hydrogen) atoms. The van der Waals surface area contributed by atoms with Gasteiger partial charge in [0.15, 0.2) is 0 Å². The first-order chi connectivity index (χ1) is 25.6. The maximum Gasteiger partial charge on any atom is 0.407 e. The van der Waals surface area contributed by atoms with E-state index in [1.807, 2.05) is 32.9 Å². The van der Waals surface area contributed by atoms with Gasteiger partial charge in [0, 0.05) is 18.7 Å². The molecule has 0 saturated carbocycles. The summed E-state index contributed by atoms with van der Waals surface area (Å²) in [7, 11) is 2.55. The zero-order valence-corrected chi connectivity index (χ0v) is 30.7. The van der Waals surface area contributed by atoms with E-state index in [1.165, 1.54) is 14.2 Å². The fourth-order valence-electron chi connectivity index (χ4n) is 6.85. The lowest BCUT2D eigenvalue weighted by Crippen LogP contribution is -2.51. The van der Waals surface area contributed by atoms with Crippen LogP contribution in [0.5, 0.6) is 0 Å². The summed E-state index contributed by atoms with van der Waals surface area (Å²) in [6, 6.07) is 17.8. The first-order valence-corrected chi connectivity index (χ1v) is 17.9. The fraction of sp³-hybridized carbons (Fsp3) is 0.385. The number of nitrogens with one attached hydrogen (secondary N) is 4. The number of carbonyl (C=O) groups excluding carboxylic acids is 4. The van der Waals surface area contributed by atoms with Crippen molar-refractivity contribution in [1.82, 2.24) is 40.4 Å². The predicted molar refractivity (Wildman–Crippen MR) is 201 cm³/mol. The number of aromatic amines is 2. The van der Waals surface area contributed by atoms with Crippen LogP contribution in [-0.2, 0) is 25.6 Å². The van der Waals surface area contributed by atoms with Gasteiger partial charge in [-0.15, -0.1) is 0 Å². The van der Waals surface area contributed by atoms with Crippen LogP contribution in [0.2, 0.25) is 0 Å². The number of benzene rings is 3.